The molecule has 0 aromatic carbocycles. The maximum absolute atomic E-state index is 13.4. The Morgan fingerprint density at radius 2 is 0.896 bits per heavy atom. The van der Waals surface area contributed by atoms with Crippen molar-refractivity contribution >= 4 is 11.9 Å². The molecule has 1 aliphatic heterocycles. The molecule has 444 valence electrons. The molecule has 77 heavy (non-hydrogen) atoms. The van der Waals surface area contributed by atoms with Crippen molar-refractivity contribution in [2.75, 3.05) is 13.2 Å². The Morgan fingerprint density at radius 1 is 0.506 bits per heavy atom. The third-order valence-corrected chi connectivity index (χ3v) is 14.3. The number of allylic oxidation sites excluding steroid dienone is 13. The molecule has 6 N–H and O–H groups in total. The molecule has 1 rings (SSSR count). The minimum Gasteiger partial charge on any atom is -0.454 e. The van der Waals surface area contributed by atoms with Crippen molar-refractivity contribution in [2.24, 2.45) is 0 Å². The van der Waals surface area contributed by atoms with E-state index in [0.717, 1.165) is 116 Å². The maximum Gasteiger partial charge on any atom is 0.306 e. The third-order valence-electron chi connectivity index (χ3n) is 14.3. The molecule has 1 amide bonds. The van der Waals surface area contributed by atoms with Gasteiger partial charge in [-0.05, 0) is 103 Å². The summed E-state index contributed by atoms with van der Waals surface area (Å²) in [7, 11) is 0. The van der Waals surface area contributed by atoms with Gasteiger partial charge in [-0.25, -0.2) is 0 Å². The Balaban J connectivity index is 2.68. The molecule has 0 bridgehead atoms. The van der Waals surface area contributed by atoms with Gasteiger partial charge < -0.3 is 45.1 Å². The third kappa shape index (κ3) is 41.5. The van der Waals surface area contributed by atoms with Gasteiger partial charge in [0.15, 0.2) is 12.4 Å². The molecule has 0 aliphatic carbocycles. The van der Waals surface area contributed by atoms with Crippen molar-refractivity contribution < 1.29 is 49.3 Å². The summed E-state index contributed by atoms with van der Waals surface area (Å²) in [6.45, 7) is 5.71. The Hall–Kier alpha value is -3.16. The molecular weight excluding hydrogens is 967 g/mol. The van der Waals surface area contributed by atoms with Crippen LogP contribution in [0.25, 0.3) is 0 Å². The largest absolute Gasteiger partial charge is 0.454 e. The summed E-state index contributed by atoms with van der Waals surface area (Å²) in [6, 6.07) is -1.04. The lowest BCUT2D eigenvalue weighted by atomic mass is 9.99. The van der Waals surface area contributed by atoms with E-state index >= 15 is 0 Å². The number of aliphatic hydroxyl groups is 5. The van der Waals surface area contributed by atoms with Gasteiger partial charge in [-0.15, -0.1) is 0 Å². The van der Waals surface area contributed by atoms with Gasteiger partial charge in [0.1, 0.15) is 24.4 Å². The molecule has 1 aliphatic rings. The molecule has 8 atom stereocenters. The highest BCUT2D eigenvalue weighted by Gasteiger charge is 2.47. The van der Waals surface area contributed by atoms with Crippen molar-refractivity contribution in [3.05, 3.63) is 85.1 Å². The summed E-state index contributed by atoms with van der Waals surface area (Å²) in [5.41, 5.74) is 0. The molecule has 0 aromatic rings. The van der Waals surface area contributed by atoms with Gasteiger partial charge in [0.05, 0.1) is 25.4 Å². The molecule has 0 aromatic heterocycles. The second-order valence-electron chi connectivity index (χ2n) is 21.4. The van der Waals surface area contributed by atoms with Gasteiger partial charge in [-0.3, -0.25) is 9.59 Å². The average molecular weight is 1080 g/mol. The summed E-state index contributed by atoms with van der Waals surface area (Å²) in [6.07, 6.45) is 59.0. The van der Waals surface area contributed by atoms with Crippen LogP contribution in [0.1, 0.15) is 258 Å². The van der Waals surface area contributed by atoms with Crippen LogP contribution in [0.15, 0.2) is 85.1 Å². The van der Waals surface area contributed by atoms with Crippen LogP contribution in [0.5, 0.6) is 0 Å². The fourth-order valence-corrected chi connectivity index (χ4v) is 9.25. The van der Waals surface area contributed by atoms with E-state index in [1.165, 1.54) is 96.3 Å². The van der Waals surface area contributed by atoms with Crippen LogP contribution in [-0.2, 0) is 23.8 Å². The van der Waals surface area contributed by atoms with Crippen molar-refractivity contribution in [2.45, 2.75) is 307 Å². The molecule has 11 heteroatoms. The number of nitrogens with one attached hydrogen (secondary N) is 1. The van der Waals surface area contributed by atoms with Gasteiger partial charge in [0.25, 0.3) is 0 Å². The lowest BCUT2D eigenvalue weighted by Crippen LogP contribution is -2.61. The lowest BCUT2D eigenvalue weighted by Gasteiger charge is -2.41. The Kier molecular flexibility index (Phi) is 49.9. The number of unbranched alkanes of at least 4 members (excludes halogenated alkanes) is 26. The number of carbonyl (C=O) groups excluding carboxylic acids is 2. The summed E-state index contributed by atoms with van der Waals surface area (Å²) in [5.74, 6) is -1.22. The van der Waals surface area contributed by atoms with E-state index in [1.54, 1.807) is 6.08 Å². The smallest absolute Gasteiger partial charge is 0.306 e. The van der Waals surface area contributed by atoms with Crippen LogP contribution >= 0.6 is 0 Å². The zero-order valence-electron chi connectivity index (χ0n) is 49.1. The Morgan fingerprint density at radius 3 is 1.36 bits per heavy atom. The number of aliphatic hydroxyl groups excluding tert-OH is 5. The molecule has 0 radical (unpaired) electrons. The maximum atomic E-state index is 13.4. The molecule has 0 spiro atoms. The lowest BCUT2D eigenvalue weighted by molar-refractivity contribution is -0.305. The Bertz CT molecular complexity index is 1570. The second-order valence-corrected chi connectivity index (χ2v) is 21.4. The number of esters is 1. The highest BCUT2D eigenvalue weighted by Crippen LogP contribution is 2.26. The van der Waals surface area contributed by atoms with Gasteiger partial charge in [0.2, 0.25) is 5.91 Å². The van der Waals surface area contributed by atoms with E-state index in [9.17, 15) is 35.1 Å². The molecule has 1 heterocycles. The highest BCUT2D eigenvalue weighted by molar-refractivity contribution is 5.80. The topological polar surface area (TPSA) is 175 Å². The van der Waals surface area contributed by atoms with E-state index in [2.05, 4.69) is 99.0 Å². The van der Waals surface area contributed by atoms with Crippen LogP contribution < -0.4 is 5.32 Å². The number of ether oxygens (including phenoxy) is 3. The fraction of sp³-hybridized carbons (Fsp3) is 0.758. The summed E-state index contributed by atoms with van der Waals surface area (Å²) in [4.78, 5) is 26.5. The summed E-state index contributed by atoms with van der Waals surface area (Å²) >= 11 is 0. The molecule has 1 fully saturated rings. The molecule has 11 nitrogen and oxygen atoms in total. The van der Waals surface area contributed by atoms with Crippen LogP contribution in [0.2, 0.25) is 0 Å². The number of hydrogen-bond donors (Lipinski definition) is 6. The van der Waals surface area contributed by atoms with Crippen molar-refractivity contribution in [3.8, 4) is 0 Å². The molecule has 1 saturated heterocycles. The van der Waals surface area contributed by atoms with Gasteiger partial charge >= 0.3 is 5.97 Å². The van der Waals surface area contributed by atoms with Crippen LogP contribution in [-0.4, -0.2) is 99.6 Å². The monoisotopic (exact) mass is 1080 g/mol. The number of hydrogen-bond acceptors (Lipinski definition) is 10. The second kappa shape index (κ2) is 53.5. The summed E-state index contributed by atoms with van der Waals surface area (Å²) < 4.78 is 17.6. The average Bonchev–Trinajstić information content (AvgIpc) is 3.43. The van der Waals surface area contributed by atoms with Crippen LogP contribution in [0.3, 0.4) is 0 Å². The van der Waals surface area contributed by atoms with Crippen LogP contribution in [0.4, 0.5) is 0 Å². The first-order valence-electron chi connectivity index (χ1n) is 31.4. The minimum atomic E-state index is -1.63. The van der Waals surface area contributed by atoms with Gasteiger partial charge in [0, 0.05) is 6.42 Å². The van der Waals surface area contributed by atoms with Gasteiger partial charge in [-0.2, -0.15) is 0 Å². The van der Waals surface area contributed by atoms with Crippen LogP contribution in [0, 0.1) is 0 Å². The fourth-order valence-electron chi connectivity index (χ4n) is 9.25. The molecule has 8 unspecified atom stereocenters. The van der Waals surface area contributed by atoms with E-state index < -0.39 is 67.4 Å². The zero-order chi connectivity index (χ0) is 56.1. The van der Waals surface area contributed by atoms with Crippen molar-refractivity contribution in [3.63, 3.8) is 0 Å². The number of rotatable bonds is 52. The number of carbonyl (C=O) groups is 2. The van der Waals surface area contributed by atoms with Crippen molar-refractivity contribution in [1.29, 1.82) is 0 Å². The Labute approximate surface area is 470 Å². The van der Waals surface area contributed by atoms with Crippen molar-refractivity contribution in [1.82, 2.24) is 5.32 Å². The normalized spacial score (nSPS) is 19.6. The highest BCUT2D eigenvalue weighted by atomic mass is 16.7. The first-order valence-corrected chi connectivity index (χ1v) is 31.4. The standard InChI is InChI=1S/C66H115NO10/c1-4-7-10-13-16-19-22-24-26-28-29-30-31-32-34-36-39-42-45-48-51-54-61(71)77-64-63(73)62(72)60(55-68)76-66(64)75-56-57(58(69)52-49-46-43-40-37-21-18-15-12-9-6-3)67-65(74)59(70)53-50-47-44-41-38-35-33-27-25-23-20-17-14-11-8-5-2/h16-17,19-20,24-27,29-30,32,34,49,52,57-60,62-64,66,68-70,72-73H,4-15,18,21-23,28,31,33,35-48,50-51,53-56H2,1-3H3,(H,67,74)/b19-16-,20-17-,26-24-,27-25-,30-29-,34-32-,52-49+. The van der Waals surface area contributed by atoms with Gasteiger partial charge in [-0.1, -0.05) is 234 Å². The number of amides is 1. The zero-order valence-corrected chi connectivity index (χ0v) is 49.1. The first-order chi connectivity index (χ1) is 37.7. The van der Waals surface area contributed by atoms with E-state index in [4.69, 9.17) is 14.2 Å². The minimum absolute atomic E-state index is 0.0981. The predicted octanol–water partition coefficient (Wildman–Crippen LogP) is 14.9. The SMILES string of the molecule is CCCCC/C=C\C/C=C\C/C=C\C/C=C\CCCCCCCC(=O)OC1C(OCC(NC(=O)C(O)CCCCCCCC/C=C\C/C=C\CCCCC)C(O)/C=C/CCCCCCCCCCC)OC(CO)C(O)C1O. The van der Waals surface area contributed by atoms with E-state index in [1.807, 2.05) is 6.08 Å². The van der Waals surface area contributed by atoms with E-state index in [0.29, 0.717) is 12.8 Å². The first kappa shape index (κ1) is 71.9. The molecular formula is C66H115NO10. The summed E-state index contributed by atoms with van der Waals surface area (Å²) in [5, 5.41) is 56.9. The molecule has 0 saturated carbocycles. The predicted molar refractivity (Wildman–Crippen MR) is 319 cm³/mol. The quantitative estimate of drug-likeness (QED) is 0.0195. The van der Waals surface area contributed by atoms with E-state index in [-0.39, 0.29) is 19.4 Å².